The van der Waals surface area contributed by atoms with Crippen LogP contribution in [0, 0.1) is 13.8 Å². The van der Waals surface area contributed by atoms with Crippen molar-refractivity contribution in [3.05, 3.63) is 46.6 Å². The Hall–Kier alpha value is -1.77. The molecule has 0 aliphatic heterocycles. The number of hydrogen-bond acceptors (Lipinski definition) is 5. The number of carboxylic acid groups (broad SMARTS) is 1. The van der Waals surface area contributed by atoms with Crippen LogP contribution in [0.1, 0.15) is 16.3 Å². The van der Waals surface area contributed by atoms with Crippen molar-refractivity contribution in [3.8, 4) is 0 Å². The zero-order valence-electron chi connectivity index (χ0n) is 12.1. The van der Waals surface area contributed by atoms with Crippen LogP contribution in [-0.4, -0.2) is 30.5 Å². The summed E-state index contributed by atoms with van der Waals surface area (Å²) in [6.07, 6.45) is 0.0756. The van der Waals surface area contributed by atoms with Gasteiger partial charge in [-0.2, -0.15) is 4.72 Å². The number of thiazole rings is 1. The zero-order chi connectivity index (χ0) is 16.3. The molecule has 2 aromatic rings. The van der Waals surface area contributed by atoms with E-state index in [-0.39, 0.29) is 10.6 Å². The average Bonchev–Trinajstić information content (AvgIpc) is 2.79. The van der Waals surface area contributed by atoms with Crippen molar-refractivity contribution in [3.63, 3.8) is 0 Å². The summed E-state index contributed by atoms with van der Waals surface area (Å²) in [4.78, 5) is 15.4. The molecule has 118 valence electrons. The fraction of sp³-hybridized carbons (Fsp3) is 0.286. The molecular formula is C14H16N2O4S2. The second-order valence-corrected chi connectivity index (χ2v) is 7.92. The number of rotatable bonds is 6. The standard InChI is InChI=1S/C14H16N2O4S2/c1-9-14(21-10(2)15-9)22(19,20)16-12(13(17)18)8-11-6-4-3-5-7-11/h3-7,12,16H,8H2,1-2H3,(H,17,18)/t12-/m0/s1. The number of aromatic nitrogens is 1. The minimum atomic E-state index is -3.91. The molecule has 6 nitrogen and oxygen atoms in total. The maximum absolute atomic E-state index is 12.4. The molecule has 0 fully saturated rings. The van der Waals surface area contributed by atoms with E-state index in [1.807, 2.05) is 6.07 Å². The predicted molar refractivity (Wildman–Crippen MR) is 83.5 cm³/mol. The zero-order valence-corrected chi connectivity index (χ0v) is 13.7. The van der Waals surface area contributed by atoms with E-state index < -0.39 is 22.0 Å². The normalized spacial score (nSPS) is 13.0. The first-order valence-corrected chi connectivity index (χ1v) is 8.82. The Kier molecular flexibility index (Phi) is 4.94. The Morgan fingerprint density at radius 2 is 1.95 bits per heavy atom. The van der Waals surface area contributed by atoms with Crippen molar-refractivity contribution >= 4 is 27.3 Å². The highest BCUT2D eigenvalue weighted by Gasteiger charge is 2.28. The Morgan fingerprint density at radius 1 is 1.32 bits per heavy atom. The molecule has 22 heavy (non-hydrogen) atoms. The average molecular weight is 340 g/mol. The molecule has 0 amide bonds. The minimum Gasteiger partial charge on any atom is -0.480 e. The highest BCUT2D eigenvalue weighted by molar-refractivity contribution is 7.91. The van der Waals surface area contributed by atoms with Crippen molar-refractivity contribution in [1.29, 1.82) is 0 Å². The maximum Gasteiger partial charge on any atom is 0.322 e. The Morgan fingerprint density at radius 3 is 2.45 bits per heavy atom. The van der Waals surface area contributed by atoms with E-state index in [0.29, 0.717) is 10.7 Å². The number of nitrogens with zero attached hydrogens (tertiary/aromatic N) is 1. The van der Waals surface area contributed by atoms with Crippen molar-refractivity contribution in [2.45, 2.75) is 30.5 Å². The first-order valence-electron chi connectivity index (χ1n) is 6.52. The molecule has 1 aromatic carbocycles. The predicted octanol–water partition coefficient (Wildman–Crippen LogP) is 1.73. The molecule has 8 heteroatoms. The monoisotopic (exact) mass is 340 g/mol. The molecule has 0 saturated carbocycles. The summed E-state index contributed by atoms with van der Waals surface area (Å²) in [7, 11) is -3.91. The van der Waals surface area contributed by atoms with Crippen molar-refractivity contribution in [1.82, 2.24) is 9.71 Å². The van der Waals surface area contributed by atoms with Crippen LogP contribution in [0.15, 0.2) is 34.5 Å². The molecule has 1 heterocycles. The van der Waals surface area contributed by atoms with Gasteiger partial charge in [-0.15, -0.1) is 11.3 Å². The third-order valence-corrected chi connectivity index (χ3v) is 6.14. The molecule has 0 aliphatic rings. The van der Waals surface area contributed by atoms with Gasteiger partial charge in [0, 0.05) is 0 Å². The van der Waals surface area contributed by atoms with Gasteiger partial charge < -0.3 is 5.11 Å². The Bertz CT molecular complexity index is 769. The lowest BCUT2D eigenvalue weighted by Gasteiger charge is -2.14. The van der Waals surface area contributed by atoms with Gasteiger partial charge >= 0.3 is 5.97 Å². The second kappa shape index (κ2) is 6.55. The highest BCUT2D eigenvalue weighted by Crippen LogP contribution is 2.23. The number of carboxylic acids is 1. The molecule has 1 atom stereocenters. The molecular weight excluding hydrogens is 324 g/mol. The van der Waals surface area contributed by atoms with Crippen molar-refractivity contribution < 1.29 is 18.3 Å². The van der Waals surface area contributed by atoms with Gasteiger partial charge in [-0.1, -0.05) is 30.3 Å². The van der Waals surface area contributed by atoms with Gasteiger partial charge in [-0.05, 0) is 25.8 Å². The van der Waals surface area contributed by atoms with Crippen LogP contribution in [0.4, 0.5) is 0 Å². The number of aliphatic carboxylic acids is 1. The van der Waals surface area contributed by atoms with Crippen LogP contribution < -0.4 is 4.72 Å². The van der Waals surface area contributed by atoms with Crippen molar-refractivity contribution in [2.75, 3.05) is 0 Å². The molecule has 0 saturated heterocycles. The molecule has 0 radical (unpaired) electrons. The van der Waals surface area contributed by atoms with Gasteiger partial charge in [0.2, 0.25) is 0 Å². The second-order valence-electron chi connectivity index (χ2n) is 4.81. The summed E-state index contributed by atoms with van der Waals surface area (Å²) < 4.78 is 27.0. The van der Waals surface area contributed by atoms with Crippen LogP contribution in [0.25, 0.3) is 0 Å². The molecule has 2 rings (SSSR count). The SMILES string of the molecule is Cc1nc(C)c(S(=O)(=O)N[C@@H](Cc2ccccc2)C(=O)O)s1. The number of sulfonamides is 1. The molecule has 0 spiro atoms. The summed E-state index contributed by atoms with van der Waals surface area (Å²) in [6, 6.07) is 7.65. The van der Waals surface area contributed by atoms with Crippen LogP contribution in [0.2, 0.25) is 0 Å². The van der Waals surface area contributed by atoms with E-state index in [2.05, 4.69) is 9.71 Å². The highest BCUT2D eigenvalue weighted by atomic mass is 32.2. The van der Waals surface area contributed by atoms with Gasteiger partial charge in [0.25, 0.3) is 10.0 Å². The van der Waals surface area contributed by atoms with Gasteiger partial charge in [0.05, 0.1) is 10.7 Å². The Balaban J connectivity index is 2.24. The van der Waals surface area contributed by atoms with Crippen LogP contribution in [-0.2, 0) is 21.2 Å². The molecule has 2 N–H and O–H groups in total. The summed E-state index contributed by atoms with van der Waals surface area (Å²) >= 11 is 1.03. The summed E-state index contributed by atoms with van der Waals surface area (Å²) in [6.45, 7) is 3.29. The first kappa shape index (κ1) is 16.6. The van der Waals surface area contributed by atoms with Gasteiger partial charge in [0.1, 0.15) is 6.04 Å². The van der Waals surface area contributed by atoms with Crippen LogP contribution >= 0.6 is 11.3 Å². The fourth-order valence-corrected chi connectivity index (χ4v) is 4.72. The Labute approximate surface area is 132 Å². The van der Waals surface area contributed by atoms with E-state index in [1.54, 1.807) is 38.1 Å². The first-order chi connectivity index (χ1) is 10.3. The quantitative estimate of drug-likeness (QED) is 0.835. The number of aryl methyl sites for hydroxylation is 2. The molecule has 1 aromatic heterocycles. The van der Waals surface area contributed by atoms with E-state index in [1.165, 1.54) is 0 Å². The maximum atomic E-state index is 12.4. The number of carbonyl (C=O) groups is 1. The summed E-state index contributed by atoms with van der Waals surface area (Å²) in [5.41, 5.74) is 1.12. The lowest BCUT2D eigenvalue weighted by molar-refractivity contribution is -0.138. The van der Waals surface area contributed by atoms with Crippen LogP contribution in [0.5, 0.6) is 0 Å². The third-order valence-electron chi connectivity index (χ3n) is 2.98. The number of nitrogens with one attached hydrogen (secondary N) is 1. The summed E-state index contributed by atoms with van der Waals surface area (Å²) in [5, 5.41) is 9.90. The summed E-state index contributed by atoms with van der Waals surface area (Å²) in [5.74, 6) is -1.22. The smallest absolute Gasteiger partial charge is 0.322 e. The molecule has 0 bridgehead atoms. The van der Waals surface area contributed by atoms with E-state index in [4.69, 9.17) is 0 Å². The number of hydrogen-bond donors (Lipinski definition) is 2. The van der Waals surface area contributed by atoms with Crippen LogP contribution in [0.3, 0.4) is 0 Å². The van der Waals surface area contributed by atoms with E-state index in [9.17, 15) is 18.3 Å². The van der Waals surface area contributed by atoms with Gasteiger partial charge in [-0.25, -0.2) is 13.4 Å². The minimum absolute atomic E-state index is 0.0595. The van der Waals surface area contributed by atoms with Crippen molar-refractivity contribution in [2.24, 2.45) is 0 Å². The lowest BCUT2D eigenvalue weighted by Crippen LogP contribution is -2.42. The number of benzene rings is 1. The lowest BCUT2D eigenvalue weighted by atomic mass is 10.1. The fourth-order valence-electron chi connectivity index (χ4n) is 2.03. The molecule has 0 unspecified atom stereocenters. The molecule has 0 aliphatic carbocycles. The largest absolute Gasteiger partial charge is 0.480 e. The third kappa shape index (κ3) is 3.90. The van der Waals surface area contributed by atoms with Gasteiger partial charge in [-0.3, -0.25) is 4.79 Å². The van der Waals surface area contributed by atoms with E-state index in [0.717, 1.165) is 16.9 Å². The van der Waals surface area contributed by atoms with Gasteiger partial charge in [0.15, 0.2) is 4.21 Å². The van der Waals surface area contributed by atoms with E-state index >= 15 is 0 Å². The topological polar surface area (TPSA) is 96.4 Å².